The standard InChI is InChI=1S/C19H27NO/c1-7-10-19(5,6)16-13-14(9-8-11-20)12-15(17(16)21)18(2,3)4/h8-9,12-13,21H,7,10H2,1-6H3. The Bertz CT molecular complexity index is 568. The van der Waals surface area contributed by atoms with E-state index in [2.05, 4.69) is 41.5 Å². The third-order valence-corrected chi connectivity index (χ3v) is 3.89. The fraction of sp³-hybridized carbons (Fsp3) is 0.526. The Balaban J connectivity index is 3.56. The van der Waals surface area contributed by atoms with Gasteiger partial charge in [-0.25, -0.2) is 0 Å². The minimum atomic E-state index is -0.141. The number of phenolic OH excluding ortho intramolecular Hbond substituents is 1. The van der Waals surface area contributed by atoms with E-state index < -0.39 is 0 Å². The zero-order valence-electron chi connectivity index (χ0n) is 14.1. The molecule has 0 saturated carbocycles. The third-order valence-electron chi connectivity index (χ3n) is 3.89. The first-order chi connectivity index (χ1) is 9.63. The van der Waals surface area contributed by atoms with E-state index in [-0.39, 0.29) is 10.8 Å². The molecule has 0 aliphatic heterocycles. The molecule has 0 amide bonds. The van der Waals surface area contributed by atoms with Gasteiger partial charge in [0, 0.05) is 17.2 Å². The first kappa shape index (κ1) is 17.3. The average Bonchev–Trinajstić information content (AvgIpc) is 2.35. The van der Waals surface area contributed by atoms with Crippen molar-refractivity contribution in [3.05, 3.63) is 34.9 Å². The SMILES string of the molecule is CCCC(C)(C)c1cc(C=CC#N)cc(C(C)(C)C)c1O. The van der Waals surface area contributed by atoms with Crippen molar-refractivity contribution < 1.29 is 5.11 Å². The van der Waals surface area contributed by atoms with Crippen LogP contribution in [0.25, 0.3) is 6.08 Å². The first-order valence-electron chi connectivity index (χ1n) is 7.57. The second-order valence-corrected chi connectivity index (χ2v) is 7.31. The zero-order chi connectivity index (χ0) is 16.3. The molecule has 0 atom stereocenters. The molecular weight excluding hydrogens is 258 g/mol. The molecule has 2 heteroatoms. The number of allylic oxidation sites excluding steroid dienone is 1. The summed E-state index contributed by atoms with van der Waals surface area (Å²) in [5.74, 6) is 0.398. The van der Waals surface area contributed by atoms with Crippen molar-refractivity contribution in [1.29, 1.82) is 5.26 Å². The van der Waals surface area contributed by atoms with Gasteiger partial charge < -0.3 is 5.11 Å². The van der Waals surface area contributed by atoms with Crippen molar-refractivity contribution in [3.8, 4) is 11.8 Å². The highest BCUT2D eigenvalue weighted by Crippen LogP contribution is 2.41. The highest BCUT2D eigenvalue weighted by Gasteiger charge is 2.28. The molecule has 21 heavy (non-hydrogen) atoms. The number of nitrogens with zero attached hydrogens (tertiary/aromatic N) is 1. The van der Waals surface area contributed by atoms with E-state index >= 15 is 0 Å². The Labute approximate surface area is 129 Å². The quantitative estimate of drug-likeness (QED) is 0.762. The van der Waals surface area contributed by atoms with Crippen LogP contribution in [-0.4, -0.2) is 5.11 Å². The summed E-state index contributed by atoms with van der Waals surface area (Å²) < 4.78 is 0. The highest BCUT2D eigenvalue weighted by atomic mass is 16.3. The van der Waals surface area contributed by atoms with Crippen molar-refractivity contribution in [1.82, 2.24) is 0 Å². The minimum absolute atomic E-state index is 0.0880. The monoisotopic (exact) mass is 285 g/mol. The molecule has 0 aliphatic carbocycles. The molecule has 0 radical (unpaired) electrons. The summed E-state index contributed by atoms with van der Waals surface area (Å²) in [4.78, 5) is 0. The van der Waals surface area contributed by atoms with Gasteiger partial charge in [0.1, 0.15) is 5.75 Å². The fourth-order valence-corrected chi connectivity index (χ4v) is 2.73. The molecule has 0 aromatic heterocycles. The summed E-state index contributed by atoms with van der Waals surface area (Å²) in [5, 5.41) is 19.5. The molecule has 1 N–H and O–H groups in total. The molecule has 0 fully saturated rings. The van der Waals surface area contributed by atoms with Crippen molar-refractivity contribution in [2.75, 3.05) is 0 Å². The molecule has 1 aromatic rings. The Kier molecular flexibility index (Phi) is 5.23. The minimum Gasteiger partial charge on any atom is -0.507 e. The Morgan fingerprint density at radius 3 is 2.19 bits per heavy atom. The number of aromatic hydroxyl groups is 1. The van der Waals surface area contributed by atoms with Crippen molar-refractivity contribution >= 4 is 6.08 Å². The summed E-state index contributed by atoms with van der Waals surface area (Å²) in [7, 11) is 0. The maximum absolute atomic E-state index is 10.7. The number of nitriles is 1. The van der Waals surface area contributed by atoms with E-state index in [0.29, 0.717) is 5.75 Å². The predicted octanol–water partition coefficient (Wildman–Crippen LogP) is 5.30. The van der Waals surface area contributed by atoms with Gasteiger partial charge in [-0.05, 0) is 41.0 Å². The van der Waals surface area contributed by atoms with Crippen LogP contribution in [-0.2, 0) is 10.8 Å². The smallest absolute Gasteiger partial charge is 0.123 e. The number of rotatable bonds is 4. The molecule has 0 unspecified atom stereocenters. The lowest BCUT2D eigenvalue weighted by molar-refractivity contribution is 0.402. The predicted molar refractivity (Wildman–Crippen MR) is 89.4 cm³/mol. The van der Waals surface area contributed by atoms with Gasteiger partial charge in [0.05, 0.1) is 6.07 Å². The van der Waals surface area contributed by atoms with Gasteiger partial charge in [0.25, 0.3) is 0 Å². The molecule has 1 aromatic carbocycles. The lowest BCUT2D eigenvalue weighted by Crippen LogP contribution is -2.20. The molecule has 1 rings (SSSR count). The highest BCUT2D eigenvalue weighted by molar-refractivity contribution is 5.60. The van der Waals surface area contributed by atoms with Crippen LogP contribution < -0.4 is 0 Å². The Morgan fingerprint density at radius 2 is 1.71 bits per heavy atom. The molecule has 0 saturated heterocycles. The molecule has 2 nitrogen and oxygen atoms in total. The van der Waals surface area contributed by atoms with Crippen LogP contribution in [0.1, 0.15) is 71.1 Å². The molecule has 0 heterocycles. The van der Waals surface area contributed by atoms with Crippen LogP contribution in [0.15, 0.2) is 18.2 Å². The third kappa shape index (κ3) is 4.11. The zero-order valence-corrected chi connectivity index (χ0v) is 14.1. The van der Waals surface area contributed by atoms with E-state index in [1.54, 1.807) is 6.08 Å². The number of hydrogen-bond acceptors (Lipinski definition) is 2. The summed E-state index contributed by atoms with van der Waals surface area (Å²) in [6, 6.07) is 6.02. The van der Waals surface area contributed by atoms with Crippen LogP contribution in [0.3, 0.4) is 0 Å². The van der Waals surface area contributed by atoms with Gasteiger partial charge in [-0.15, -0.1) is 0 Å². The van der Waals surface area contributed by atoms with E-state index in [4.69, 9.17) is 5.26 Å². The van der Waals surface area contributed by atoms with Gasteiger partial charge in [-0.3, -0.25) is 0 Å². The van der Waals surface area contributed by atoms with Gasteiger partial charge in [-0.1, -0.05) is 48.0 Å². The van der Waals surface area contributed by atoms with Crippen LogP contribution in [0.4, 0.5) is 0 Å². The number of phenols is 1. The molecule has 0 spiro atoms. The van der Waals surface area contributed by atoms with Gasteiger partial charge in [0.2, 0.25) is 0 Å². The lowest BCUT2D eigenvalue weighted by Gasteiger charge is -2.30. The van der Waals surface area contributed by atoms with Gasteiger partial charge in [0.15, 0.2) is 0 Å². The van der Waals surface area contributed by atoms with Crippen molar-refractivity contribution in [3.63, 3.8) is 0 Å². The summed E-state index contributed by atoms with van der Waals surface area (Å²) in [6.45, 7) is 12.8. The fourth-order valence-electron chi connectivity index (χ4n) is 2.73. The molecule has 0 bridgehead atoms. The van der Waals surface area contributed by atoms with Crippen molar-refractivity contribution in [2.24, 2.45) is 0 Å². The van der Waals surface area contributed by atoms with Crippen LogP contribution in [0.2, 0.25) is 0 Å². The summed E-state index contributed by atoms with van der Waals surface area (Å²) >= 11 is 0. The lowest BCUT2D eigenvalue weighted by atomic mass is 9.75. The second kappa shape index (κ2) is 6.35. The summed E-state index contributed by atoms with van der Waals surface area (Å²) in [5.41, 5.74) is 2.64. The normalized spacial score (nSPS) is 12.6. The molecule has 114 valence electrons. The Morgan fingerprint density at radius 1 is 1.14 bits per heavy atom. The van der Waals surface area contributed by atoms with E-state index in [9.17, 15) is 5.11 Å². The van der Waals surface area contributed by atoms with E-state index in [1.165, 1.54) is 6.08 Å². The van der Waals surface area contributed by atoms with E-state index in [1.807, 2.05) is 18.2 Å². The number of hydrogen-bond donors (Lipinski definition) is 1. The topological polar surface area (TPSA) is 44.0 Å². The maximum atomic E-state index is 10.7. The van der Waals surface area contributed by atoms with Crippen LogP contribution in [0.5, 0.6) is 5.75 Å². The maximum Gasteiger partial charge on any atom is 0.123 e. The summed E-state index contributed by atoms with van der Waals surface area (Å²) in [6.07, 6.45) is 5.36. The molecule has 0 aliphatic rings. The largest absolute Gasteiger partial charge is 0.507 e. The second-order valence-electron chi connectivity index (χ2n) is 7.31. The molecular formula is C19H27NO. The average molecular weight is 285 g/mol. The van der Waals surface area contributed by atoms with Gasteiger partial charge >= 0.3 is 0 Å². The van der Waals surface area contributed by atoms with Gasteiger partial charge in [-0.2, -0.15) is 5.26 Å². The first-order valence-corrected chi connectivity index (χ1v) is 7.57. The number of benzene rings is 1. The van der Waals surface area contributed by atoms with Crippen LogP contribution >= 0.6 is 0 Å². The van der Waals surface area contributed by atoms with Crippen molar-refractivity contribution in [2.45, 2.75) is 65.2 Å². The Hall–Kier alpha value is -1.75. The van der Waals surface area contributed by atoms with Crippen LogP contribution in [0, 0.1) is 11.3 Å². The van der Waals surface area contributed by atoms with E-state index in [0.717, 1.165) is 29.5 Å².